The quantitative estimate of drug-likeness (QED) is 0.880. The van der Waals surface area contributed by atoms with E-state index in [1.54, 1.807) is 44.3 Å². The summed E-state index contributed by atoms with van der Waals surface area (Å²) in [5.41, 5.74) is 0.563. The van der Waals surface area contributed by atoms with E-state index in [1.807, 2.05) is 0 Å². The average molecular weight is 354 g/mol. The molecule has 0 atom stereocenters. The van der Waals surface area contributed by atoms with Crippen LogP contribution in [0.2, 0.25) is 5.02 Å². The van der Waals surface area contributed by atoms with E-state index in [2.05, 4.69) is 10.2 Å². The Hall–Kier alpha value is -1.79. The molecule has 1 N–H and O–H groups in total. The van der Waals surface area contributed by atoms with Crippen LogP contribution in [0.5, 0.6) is 5.75 Å². The molecule has 24 heavy (non-hydrogen) atoms. The number of carbonyl (C=O) groups is 2. The van der Waals surface area contributed by atoms with Crippen molar-refractivity contribution in [2.24, 2.45) is 5.92 Å². The highest BCUT2D eigenvalue weighted by molar-refractivity contribution is 6.31. The van der Waals surface area contributed by atoms with Crippen molar-refractivity contribution in [1.29, 1.82) is 0 Å². The van der Waals surface area contributed by atoms with Crippen molar-refractivity contribution in [1.82, 2.24) is 9.80 Å². The van der Waals surface area contributed by atoms with Gasteiger partial charge in [0.2, 0.25) is 11.8 Å². The van der Waals surface area contributed by atoms with E-state index in [-0.39, 0.29) is 17.7 Å². The van der Waals surface area contributed by atoms with E-state index < -0.39 is 0 Å². The van der Waals surface area contributed by atoms with Crippen LogP contribution < -0.4 is 10.1 Å². The van der Waals surface area contributed by atoms with Gasteiger partial charge in [0.1, 0.15) is 5.75 Å². The van der Waals surface area contributed by atoms with Gasteiger partial charge in [0.05, 0.1) is 19.3 Å². The lowest BCUT2D eigenvalue weighted by Gasteiger charge is -2.31. The third kappa shape index (κ3) is 4.85. The zero-order valence-corrected chi connectivity index (χ0v) is 15.1. The van der Waals surface area contributed by atoms with Gasteiger partial charge in [0.15, 0.2) is 0 Å². The fraction of sp³-hybridized carbons (Fsp3) is 0.529. The Kier molecular flexibility index (Phi) is 6.45. The fourth-order valence-corrected chi connectivity index (χ4v) is 3.05. The Bertz CT molecular complexity index is 599. The standard InChI is InChI=1S/C17H24ClN3O3/c1-20(2)17(23)12-6-8-21(9-7-12)11-16(22)19-14-10-13(18)4-5-15(14)24-3/h4-5,10,12H,6-9,11H2,1-3H3,(H,19,22). The first-order valence-electron chi connectivity index (χ1n) is 7.97. The fourth-order valence-electron chi connectivity index (χ4n) is 2.87. The van der Waals surface area contributed by atoms with Crippen LogP contribution in [0.4, 0.5) is 5.69 Å². The van der Waals surface area contributed by atoms with Gasteiger partial charge in [-0.15, -0.1) is 0 Å². The van der Waals surface area contributed by atoms with Crippen LogP contribution in [0.3, 0.4) is 0 Å². The molecule has 0 unspecified atom stereocenters. The molecule has 0 spiro atoms. The third-order valence-corrected chi connectivity index (χ3v) is 4.42. The van der Waals surface area contributed by atoms with Crippen LogP contribution in [0.15, 0.2) is 18.2 Å². The summed E-state index contributed by atoms with van der Waals surface area (Å²) in [6.07, 6.45) is 1.57. The van der Waals surface area contributed by atoms with Gasteiger partial charge in [-0.1, -0.05) is 11.6 Å². The summed E-state index contributed by atoms with van der Waals surface area (Å²) in [5, 5.41) is 3.37. The molecule has 1 aromatic carbocycles. The molecule has 6 nitrogen and oxygen atoms in total. The van der Waals surface area contributed by atoms with Gasteiger partial charge in [-0.2, -0.15) is 0 Å². The van der Waals surface area contributed by atoms with Gasteiger partial charge < -0.3 is 15.0 Å². The molecular weight excluding hydrogens is 330 g/mol. The maximum Gasteiger partial charge on any atom is 0.238 e. The summed E-state index contributed by atoms with van der Waals surface area (Å²) in [7, 11) is 5.10. The van der Waals surface area contributed by atoms with Gasteiger partial charge in [0.25, 0.3) is 0 Å². The average Bonchev–Trinajstić information content (AvgIpc) is 2.55. The Morgan fingerprint density at radius 1 is 1.33 bits per heavy atom. The van der Waals surface area contributed by atoms with Crippen molar-refractivity contribution in [3.63, 3.8) is 0 Å². The number of halogens is 1. The van der Waals surface area contributed by atoms with E-state index in [1.165, 1.54) is 0 Å². The van der Waals surface area contributed by atoms with E-state index in [4.69, 9.17) is 16.3 Å². The highest BCUT2D eigenvalue weighted by atomic mass is 35.5. The first-order chi connectivity index (χ1) is 11.4. The number of likely N-dealkylation sites (tertiary alicyclic amines) is 1. The summed E-state index contributed by atoms with van der Waals surface area (Å²) in [6.45, 7) is 1.77. The lowest BCUT2D eigenvalue weighted by molar-refractivity contribution is -0.134. The number of piperidine rings is 1. The van der Waals surface area contributed by atoms with Gasteiger partial charge in [0, 0.05) is 25.0 Å². The molecule has 0 radical (unpaired) electrons. The molecule has 1 heterocycles. The molecule has 2 rings (SSSR count). The number of ether oxygens (including phenoxy) is 1. The van der Waals surface area contributed by atoms with Crippen LogP contribution in [0, 0.1) is 5.92 Å². The molecule has 1 fully saturated rings. The van der Waals surface area contributed by atoms with Crippen LogP contribution in [0.25, 0.3) is 0 Å². The lowest BCUT2D eigenvalue weighted by atomic mass is 9.95. The molecule has 0 bridgehead atoms. The second-order valence-electron chi connectivity index (χ2n) is 6.18. The summed E-state index contributed by atoms with van der Waals surface area (Å²) in [4.78, 5) is 27.9. The number of nitrogens with one attached hydrogen (secondary N) is 1. The highest BCUT2D eigenvalue weighted by Crippen LogP contribution is 2.27. The molecule has 1 aliphatic heterocycles. The predicted octanol–water partition coefficient (Wildman–Crippen LogP) is 2.09. The zero-order valence-electron chi connectivity index (χ0n) is 14.3. The van der Waals surface area contributed by atoms with E-state index in [0.717, 1.165) is 25.9 Å². The van der Waals surface area contributed by atoms with Crippen molar-refractivity contribution >= 4 is 29.1 Å². The van der Waals surface area contributed by atoms with Crippen LogP contribution in [-0.4, -0.2) is 62.5 Å². The minimum Gasteiger partial charge on any atom is -0.495 e. The Morgan fingerprint density at radius 2 is 2.00 bits per heavy atom. The maximum atomic E-state index is 12.3. The highest BCUT2D eigenvalue weighted by Gasteiger charge is 2.26. The van der Waals surface area contributed by atoms with E-state index >= 15 is 0 Å². The molecule has 1 aromatic rings. The first-order valence-corrected chi connectivity index (χ1v) is 8.35. The topological polar surface area (TPSA) is 61.9 Å². The van der Waals surface area contributed by atoms with Crippen LogP contribution >= 0.6 is 11.6 Å². The van der Waals surface area contributed by atoms with E-state index in [9.17, 15) is 9.59 Å². The van der Waals surface area contributed by atoms with Crippen LogP contribution in [0.1, 0.15) is 12.8 Å². The number of benzene rings is 1. The second-order valence-corrected chi connectivity index (χ2v) is 6.61. The number of carbonyl (C=O) groups excluding carboxylic acids is 2. The molecule has 0 aromatic heterocycles. The normalized spacial score (nSPS) is 15.8. The third-order valence-electron chi connectivity index (χ3n) is 4.18. The molecule has 1 saturated heterocycles. The largest absolute Gasteiger partial charge is 0.495 e. The second kappa shape index (κ2) is 8.35. The molecule has 132 valence electrons. The molecule has 1 aliphatic rings. The number of rotatable bonds is 5. The molecule has 7 heteroatoms. The minimum absolute atomic E-state index is 0.0623. The Balaban J connectivity index is 1.86. The van der Waals surface area contributed by atoms with Gasteiger partial charge in [-0.3, -0.25) is 14.5 Å². The van der Waals surface area contributed by atoms with Crippen molar-refractivity contribution in [2.45, 2.75) is 12.8 Å². The Labute approximate surface area is 147 Å². The summed E-state index contributed by atoms with van der Waals surface area (Å²) in [5.74, 6) is 0.686. The van der Waals surface area contributed by atoms with Crippen molar-refractivity contribution in [3.8, 4) is 5.75 Å². The summed E-state index contributed by atoms with van der Waals surface area (Å²) < 4.78 is 5.22. The zero-order chi connectivity index (χ0) is 17.7. The number of nitrogens with zero attached hydrogens (tertiary/aromatic N) is 2. The minimum atomic E-state index is -0.118. The molecule has 0 aliphatic carbocycles. The van der Waals surface area contributed by atoms with Crippen molar-refractivity contribution in [3.05, 3.63) is 23.2 Å². The lowest BCUT2D eigenvalue weighted by Crippen LogP contribution is -2.43. The monoisotopic (exact) mass is 353 g/mol. The predicted molar refractivity (Wildman–Crippen MR) is 94.5 cm³/mol. The Morgan fingerprint density at radius 3 is 2.58 bits per heavy atom. The summed E-state index contributed by atoms with van der Waals surface area (Å²) >= 11 is 5.97. The number of hydrogen-bond acceptors (Lipinski definition) is 4. The SMILES string of the molecule is COc1ccc(Cl)cc1NC(=O)CN1CCC(C(=O)N(C)C)CC1. The van der Waals surface area contributed by atoms with Crippen molar-refractivity contribution in [2.75, 3.05) is 46.2 Å². The summed E-state index contributed by atoms with van der Waals surface area (Å²) in [6, 6.07) is 5.10. The maximum absolute atomic E-state index is 12.3. The molecule has 0 saturated carbocycles. The number of amides is 2. The number of hydrogen-bond donors (Lipinski definition) is 1. The van der Waals surface area contributed by atoms with Crippen molar-refractivity contribution < 1.29 is 14.3 Å². The van der Waals surface area contributed by atoms with E-state index in [0.29, 0.717) is 23.0 Å². The number of methoxy groups -OCH3 is 1. The van der Waals surface area contributed by atoms with Gasteiger partial charge >= 0.3 is 0 Å². The van der Waals surface area contributed by atoms with Gasteiger partial charge in [-0.25, -0.2) is 0 Å². The van der Waals surface area contributed by atoms with Gasteiger partial charge in [-0.05, 0) is 44.1 Å². The first kappa shape index (κ1) is 18.5. The molecule has 2 amide bonds. The van der Waals surface area contributed by atoms with Crippen LogP contribution in [-0.2, 0) is 9.59 Å². The smallest absolute Gasteiger partial charge is 0.238 e. The number of anilines is 1. The molecular formula is C17H24ClN3O3.